The number of nitrogens with zero attached hydrogens (tertiary/aromatic N) is 1. The van der Waals surface area contributed by atoms with Gasteiger partial charge in [-0.05, 0) is 53.2 Å². The fourth-order valence-electron chi connectivity index (χ4n) is 1.78. The van der Waals surface area contributed by atoms with Crippen LogP contribution in [0.15, 0.2) is 24.3 Å². The van der Waals surface area contributed by atoms with Gasteiger partial charge in [-0.2, -0.15) is 0 Å². The summed E-state index contributed by atoms with van der Waals surface area (Å²) in [5.74, 6) is -0.265. The molecule has 8 nitrogen and oxygen atoms in total. The number of hydrogen-bond donors (Lipinski definition) is 3. The zero-order valence-electron chi connectivity index (χ0n) is 15.9. The van der Waals surface area contributed by atoms with Gasteiger partial charge in [0.05, 0.1) is 0 Å². The summed E-state index contributed by atoms with van der Waals surface area (Å²) in [6, 6.07) is 0. The predicted octanol–water partition coefficient (Wildman–Crippen LogP) is 0.603. The van der Waals surface area contributed by atoms with Crippen LogP contribution >= 0.6 is 0 Å². The summed E-state index contributed by atoms with van der Waals surface area (Å²) in [7, 11) is 7.10. The Balaban J connectivity index is 4.39. The van der Waals surface area contributed by atoms with Gasteiger partial charge in [0.15, 0.2) is 6.23 Å². The van der Waals surface area contributed by atoms with Crippen molar-refractivity contribution >= 4 is 12.1 Å². The SMILES string of the molecule is CNC(=O)OC/C=C\C(C)(N)/C=C/C(NC)OC(=O)CCCN(C)C. The zero-order valence-corrected chi connectivity index (χ0v) is 15.9. The quantitative estimate of drug-likeness (QED) is 0.283. The second-order valence-corrected chi connectivity index (χ2v) is 6.08. The Bertz CT molecular complexity index is 462. The Labute approximate surface area is 150 Å². The topological polar surface area (TPSA) is 106 Å². The van der Waals surface area contributed by atoms with Crippen LogP contribution in [-0.2, 0) is 14.3 Å². The Morgan fingerprint density at radius 1 is 1.28 bits per heavy atom. The molecule has 0 aromatic rings. The molecule has 0 bridgehead atoms. The molecule has 0 aliphatic carbocycles. The lowest BCUT2D eigenvalue weighted by molar-refractivity contribution is -0.148. The van der Waals surface area contributed by atoms with E-state index in [1.165, 1.54) is 7.05 Å². The van der Waals surface area contributed by atoms with E-state index in [0.717, 1.165) is 13.0 Å². The van der Waals surface area contributed by atoms with Crippen LogP contribution in [0.3, 0.4) is 0 Å². The van der Waals surface area contributed by atoms with Gasteiger partial charge in [0, 0.05) is 19.0 Å². The Morgan fingerprint density at radius 3 is 2.52 bits per heavy atom. The summed E-state index contributed by atoms with van der Waals surface area (Å²) in [4.78, 5) is 24.8. The first-order chi connectivity index (χ1) is 11.7. The van der Waals surface area contributed by atoms with Crippen molar-refractivity contribution in [2.75, 3.05) is 41.3 Å². The molecule has 144 valence electrons. The molecule has 2 atom stereocenters. The molecule has 0 rings (SSSR count). The molecule has 0 aromatic heterocycles. The van der Waals surface area contributed by atoms with Gasteiger partial charge in [-0.15, -0.1) is 0 Å². The van der Waals surface area contributed by atoms with E-state index < -0.39 is 17.9 Å². The van der Waals surface area contributed by atoms with Gasteiger partial charge in [0.2, 0.25) is 0 Å². The first-order valence-corrected chi connectivity index (χ1v) is 8.22. The number of amides is 1. The number of nitrogens with two attached hydrogens (primary N) is 1. The average molecular weight is 356 g/mol. The highest BCUT2D eigenvalue weighted by atomic mass is 16.6. The van der Waals surface area contributed by atoms with Crippen molar-refractivity contribution in [3.05, 3.63) is 24.3 Å². The normalized spacial score (nSPS) is 15.3. The lowest BCUT2D eigenvalue weighted by Gasteiger charge is -2.18. The monoisotopic (exact) mass is 356 g/mol. The maximum Gasteiger partial charge on any atom is 0.407 e. The van der Waals surface area contributed by atoms with E-state index in [2.05, 4.69) is 10.6 Å². The second-order valence-electron chi connectivity index (χ2n) is 6.08. The molecular weight excluding hydrogens is 324 g/mol. The van der Waals surface area contributed by atoms with Crippen molar-refractivity contribution in [1.82, 2.24) is 15.5 Å². The van der Waals surface area contributed by atoms with Gasteiger partial charge in [-0.1, -0.05) is 12.2 Å². The van der Waals surface area contributed by atoms with Crippen LogP contribution in [0.5, 0.6) is 0 Å². The van der Waals surface area contributed by atoms with E-state index in [0.29, 0.717) is 6.42 Å². The molecule has 4 N–H and O–H groups in total. The number of rotatable bonds is 11. The maximum absolute atomic E-state index is 11.8. The molecule has 25 heavy (non-hydrogen) atoms. The Morgan fingerprint density at radius 2 is 1.96 bits per heavy atom. The van der Waals surface area contributed by atoms with Crippen LogP contribution in [-0.4, -0.2) is 70.1 Å². The highest BCUT2D eigenvalue weighted by Gasteiger charge is 2.13. The number of carbonyl (C=O) groups excluding carboxylic acids is 2. The highest BCUT2D eigenvalue weighted by Crippen LogP contribution is 2.06. The van der Waals surface area contributed by atoms with Crippen molar-refractivity contribution in [1.29, 1.82) is 0 Å². The van der Waals surface area contributed by atoms with Crippen LogP contribution in [0.4, 0.5) is 4.79 Å². The average Bonchev–Trinajstić information content (AvgIpc) is 2.54. The first-order valence-electron chi connectivity index (χ1n) is 8.22. The predicted molar refractivity (Wildman–Crippen MR) is 98.0 cm³/mol. The van der Waals surface area contributed by atoms with Crippen LogP contribution in [0.25, 0.3) is 0 Å². The second kappa shape index (κ2) is 12.5. The van der Waals surface area contributed by atoms with E-state index in [1.54, 1.807) is 38.3 Å². The van der Waals surface area contributed by atoms with Crippen LogP contribution in [0.2, 0.25) is 0 Å². The van der Waals surface area contributed by atoms with Crippen molar-refractivity contribution in [3.8, 4) is 0 Å². The van der Waals surface area contributed by atoms with Gasteiger partial charge >= 0.3 is 12.1 Å². The summed E-state index contributed by atoms with van der Waals surface area (Å²) < 4.78 is 10.2. The third-order valence-electron chi connectivity index (χ3n) is 3.15. The minimum Gasteiger partial charge on any atom is -0.445 e. The summed E-state index contributed by atoms with van der Waals surface area (Å²) in [5, 5.41) is 5.25. The number of likely N-dealkylation sites (N-methyl/N-ethyl adjacent to an activating group) is 1. The molecule has 8 heteroatoms. The molecule has 0 saturated heterocycles. The maximum atomic E-state index is 11.8. The summed E-state index contributed by atoms with van der Waals surface area (Å²) >= 11 is 0. The van der Waals surface area contributed by atoms with E-state index in [-0.39, 0.29) is 12.6 Å². The van der Waals surface area contributed by atoms with E-state index in [1.807, 2.05) is 19.0 Å². The number of alkyl carbamates (subject to hydrolysis) is 1. The van der Waals surface area contributed by atoms with Gasteiger partial charge < -0.3 is 25.4 Å². The van der Waals surface area contributed by atoms with Gasteiger partial charge in [-0.3, -0.25) is 10.1 Å². The minimum atomic E-state index is -0.765. The van der Waals surface area contributed by atoms with Crippen molar-refractivity contribution < 1.29 is 19.1 Å². The first kappa shape index (κ1) is 23.1. The van der Waals surface area contributed by atoms with E-state index in [4.69, 9.17) is 15.2 Å². The van der Waals surface area contributed by atoms with Gasteiger partial charge in [-0.25, -0.2) is 4.79 Å². The number of hydrogen-bond acceptors (Lipinski definition) is 7. The van der Waals surface area contributed by atoms with Gasteiger partial charge in [0.25, 0.3) is 0 Å². The smallest absolute Gasteiger partial charge is 0.407 e. The van der Waals surface area contributed by atoms with Crippen molar-refractivity contribution in [2.45, 2.75) is 31.5 Å². The summed E-state index contributed by atoms with van der Waals surface area (Å²) in [5.41, 5.74) is 5.34. The fourth-order valence-corrected chi connectivity index (χ4v) is 1.78. The number of esters is 1. The fraction of sp³-hybridized carbons (Fsp3) is 0.647. The number of carbonyl (C=O) groups is 2. The molecule has 0 radical (unpaired) electrons. The van der Waals surface area contributed by atoms with Crippen molar-refractivity contribution in [3.63, 3.8) is 0 Å². The third-order valence-corrected chi connectivity index (χ3v) is 3.15. The molecule has 0 spiro atoms. The van der Waals surface area contributed by atoms with Crippen LogP contribution in [0, 0.1) is 0 Å². The zero-order chi connectivity index (χ0) is 19.3. The molecule has 1 amide bonds. The molecule has 0 aliphatic rings. The molecule has 0 heterocycles. The lowest BCUT2D eigenvalue weighted by atomic mass is 10.0. The summed E-state index contributed by atoms with van der Waals surface area (Å²) in [6.07, 6.45) is 6.82. The molecule has 0 aliphatic heterocycles. The number of nitrogens with one attached hydrogen (secondary N) is 2. The van der Waals surface area contributed by atoms with Crippen LogP contribution in [0.1, 0.15) is 19.8 Å². The Kier molecular flexibility index (Phi) is 11.5. The lowest BCUT2D eigenvalue weighted by Crippen LogP contribution is -2.34. The van der Waals surface area contributed by atoms with E-state index >= 15 is 0 Å². The number of ether oxygens (including phenoxy) is 2. The van der Waals surface area contributed by atoms with Gasteiger partial charge in [0.1, 0.15) is 6.61 Å². The highest BCUT2D eigenvalue weighted by molar-refractivity contribution is 5.69. The molecular formula is C17H32N4O4. The standard InChI is InChI=1S/C17H32N4O4/c1-17(18,10-7-13-24-16(23)20-3)11-9-14(19-2)25-15(22)8-6-12-21(4)5/h7,9-11,14,19H,6,8,12-13,18H2,1-5H3,(H,20,23)/b10-7-,11-9+. The minimum absolute atomic E-state index is 0.122. The van der Waals surface area contributed by atoms with E-state index in [9.17, 15) is 9.59 Å². The largest absolute Gasteiger partial charge is 0.445 e. The molecule has 0 aromatic carbocycles. The summed E-state index contributed by atoms with van der Waals surface area (Å²) in [6.45, 7) is 2.74. The van der Waals surface area contributed by atoms with Crippen LogP contribution < -0.4 is 16.4 Å². The Hall–Kier alpha value is -1.90. The third kappa shape index (κ3) is 13.1. The molecule has 2 unspecified atom stereocenters. The molecule has 0 fully saturated rings. The molecule has 0 saturated carbocycles. The van der Waals surface area contributed by atoms with Crippen molar-refractivity contribution in [2.24, 2.45) is 5.73 Å².